The Hall–Kier alpha value is -0.570. The van der Waals surface area contributed by atoms with E-state index in [-0.39, 0.29) is 18.0 Å². The van der Waals surface area contributed by atoms with Crippen LogP contribution < -0.4 is 0 Å². The first-order chi connectivity index (χ1) is 5.99. The fourth-order valence-corrected chi connectivity index (χ4v) is 0.368. The molecule has 0 amide bonds. The number of aliphatic hydroxyl groups excluding tert-OH is 1. The molecule has 0 fully saturated rings. The molecular weight excluding hydrogens is 168 g/mol. The lowest BCUT2D eigenvalue weighted by Gasteiger charge is -2.02. The number of aliphatic hydroxyl groups is 1. The Morgan fingerprint density at radius 1 is 1.31 bits per heavy atom. The minimum absolute atomic E-state index is 0.0556. The summed E-state index contributed by atoms with van der Waals surface area (Å²) in [6.45, 7) is 7.54. The van der Waals surface area contributed by atoms with Gasteiger partial charge in [-0.05, 0) is 19.8 Å². The molecule has 0 aliphatic carbocycles. The van der Waals surface area contributed by atoms with Gasteiger partial charge in [-0.25, -0.2) is 0 Å². The molecule has 80 valence electrons. The number of esters is 1. The molecule has 1 N–H and O–H groups in total. The summed E-state index contributed by atoms with van der Waals surface area (Å²) in [5.74, 6) is -0.0625. The molecule has 0 aliphatic rings. The second kappa shape index (κ2) is 9.52. The van der Waals surface area contributed by atoms with Crippen molar-refractivity contribution in [3.05, 3.63) is 0 Å². The second-order valence-corrected chi connectivity index (χ2v) is 3.09. The molecule has 2 unspecified atom stereocenters. The molecular formula is C10H22O3. The molecule has 0 rings (SSSR count). The summed E-state index contributed by atoms with van der Waals surface area (Å²) in [5.41, 5.74) is 0. The van der Waals surface area contributed by atoms with Crippen molar-refractivity contribution in [3.8, 4) is 0 Å². The van der Waals surface area contributed by atoms with Crippen molar-refractivity contribution in [1.82, 2.24) is 0 Å². The van der Waals surface area contributed by atoms with Crippen LogP contribution in [-0.2, 0) is 9.53 Å². The predicted molar refractivity (Wildman–Crippen MR) is 53.4 cm³/mol. The Kier molecular flexibility index (Phi) is 10.9. The summed E-state index contributed by atoms with van der Waals surface area (Å²) in [6, 6.07) is 0. The van der Waals surface area contributed by atoms with E-state index < -0.39 is 0 Å². The van der Waals surface area contributed by atoms with Gasteiger partial charge in [0.15, 0.2) is 0 Å². The van der Waals surface area contributed by atoms with Crippen LogP contribution in [0.2, 0.25) is 0 Å². The van der Waals surface area contributed by atoms with Crippen LogP contribution in [0.5, 0.6) is 0 Å². The van der Waals surface area contributed by atoms with E-state index in [9.17, 15) is 4.79 Å². The fourth-order valence-electron chi connectivity index (χ4n) is 0.368. The van der Waals surface area contributed by atoms with Crippen molar-refractivity contribution in [2.45, 2.75) is 46.6 Å². The fraction of sp³-hybridized carbons (Fsp3) is 0.900. The summed E-state index contributed by atoms with van der Waals surface area (Å²) in [7, 11) is 1.41. The van der Waals surface area contributed by atoms with Gasteiger partial charge in [0.1, 0.15) is 0 Å². The molecule has 0 saturated heterocycles. The third kappa shape index (κ3) is 11.4. The lowest BCUT2D eigenvalue weighted by atomic mass is 10.1. The quantitative estimate of drug-likeness (QED) is 0.692. The van der Waals surface area contributed by atoms with Gasteiger partial charge in [-0.2, -0.15) is 0 Å². The van der Waals surface area contributed by atoms with Gasteiger partial charge in [-0.3, -0.25) is 4.79 Å². The minimum Gasteiger partial charge on any atom is -0.469 e. The van der Waals surface area contributed by atoms with Crippen LogP contribution in [0.4, 0.5) is 0 Å². The Labute approximate surface area is 81.1 Å². The minimum atomic E-state index is -0.118. The van der Waals surface area contributed by atoms with Gasteiger partial charge in [0.2, 0.25) is 0 Å². The zero-order valence-electron chi connectivity index (χ0n) is 9.33. The summed E-state index contributed by atoms with van der Waals surface area (Å²) in [4.78, 5) is 10.5. The number of hydrogen-bond acceptors (Lipinski definition) is 3. The maximum absolute atomic E-state index is 10.5. The zero-order valence-corrected chi connectivity index (χ0v) is 9.33. The van der Waals surface area contributed by atoms with E-state index in [1.807, 2.05) is 20.8 Å². The summed E-state index contributed by atoms with van der Waals surface area (Å²) in [6.07, 6.45) is 1.60. The van der Waals surface area contributed by atoms with Gasteiger partial charge in [-0.15, -0.1) is 0 Å². The van der Waals surface area contributed by atoms with Gasteiger partial charge in [0.05, 0.1) is 19.1 Å². The van der Waals surface area contributed by atoms with Gasteiger partial charge >= 0.3 is 5.97 Å². The highest BCUT2D eigenvalue weighted by atomic mass is 16.5. The molecule has 2 atom stereocenters. The van der Waals surface area contributed by atoms with E-state index in [0.717, 1.165) is 12.8 Å². The third-order valence-electron chi connectivity index (χ3n) is 1.81. The summed E-state index contributed by atoms with van der Waals surface area (Å²) < 4.78 is 4.46. The molecule has 0 heterocycles. The van der Waals surface area contributed by atoms with E-state index >= 15 is 0 Å². The molecule has 0 aromatic rings. The van der Waals surface area contributed by atoms with Crippen molar-refractivity contribution in [3.63, 3.8) is 0 Å². The summed E-state index contributed by atoms with van der Waals surface area (Å²) in [5, 5.41) is 8.36. The van der Waals surface area contributed by atoms with Crippen LogP contribution >= 0.6 is 0 Å². The number of hydrogen-bond donors (Lipinski definition) is 1. The molecule has 0 bridgehead atoms. The number of ether oxygens (including phenoxy) is 1. The van der Waals surface area contributed by atoms with E-state index in [2.05, 4.69) is 4.74 Å². The predicted octanol–water partition coefficient (Wildman–Crippen LogP) is 1.98. The van der Waals surface area contributed by atoms with E-state index in [1.54, 1.807) is 6.92 Å². The van der Waals surface area contributed by atoms with Crippen molar-refractivity contribution in [2.75, 3.05) is 7.11 Å². The standard InChI is InChI=1S/C6H12O2.C4H10O/c1-4-5(2)6(7)8-3;1-3-4(2)5/h5H,4H2,1-3H3;4-5H,3H2,1-2H3. The van der Waals surface area contributed by atoms with Crippen LogP contribution in [0, 0.1) is 5.92 Å². The maximum Gasteiger partial charge on any atom is 0.308 e. The first-order valence-electron chi connectivity index (χ1n) is 4.75. The number of carbonyl (C=O) groups is 1. The molecule has 3 nitrogen and oxygen atoms in total. The topological polar surface area (TPSA) is 46.5 Å². The lowest BCUT2D eigenvalue weighted by Crippen LogP contribution is -2.10. The second-order valence-electron chi connectivity index (χ2n) is 3.09. The van der Waals surface area contributed by atoms with Crippen LogP contribution in [0.3, 0.4) is 0 Å². The molecule has 0 radical (unpaired) electrons. The first-order valence-corrected chi connectivity index (χ1v) is 4.75. The van der Waals surface area contributed by atoms with Crippen LogP contribution in [0.25, 0.3) is 0 Å². The smallest absolute Gasteiger partial charge is 0.308 e. The monoisotopic (exact) mass is 190 g/mol. The molecule has 13 heavy (non-hydrogen) atoms. The van der Waals surface area contributed by atoms with Crippen LogP contribution in [0.1, 0.15) is 40.5 Å². The van der Waals surface area contributed by atoms with Gasteiger partial charge in [0, 0.05) is 0 Å². The number of carbonyl (C=O) groups excluding carboxylic acids is 1. The molecule has 0 saturated carbocycles. The Morgan fingerprint density at radius 3 is 1.77 bits per heavy atom. The van der Waals surface area contributed by atoms with Crippen molar-refractivity contribution in [2.24, 2.45) is 5.92 Å². The van der Waals surface area contributed by atoms with Crippen LogP contribution in [0.15, 0.2) is 0 Å². The van der Waals surface area contributed by atoms with Gasteiger partial charge < -0.3 is 9.84 Å². The average molecular weight is 190 g/mol. The first kappa shape index (κ1) is 14.9. The zero-order chi connectivity index (χ0) is 10.9. The highest BCUT2D eigenvalue weighted by molar-refractivity contribution is 5.71. The van der Waals surface area contributed by atoms with E-state index in [0.29, 0.717) is 0 Å². The van der Waals surface area contributed by atoms with Crippen molar-refractivity contribution >= 4 is 5.97 Å². The Balaban J connectivity index is 0. The van der Waals surface area contributed by atoms with Gasteiger partial charge in [0.25, 0.3) is 0 Å². The Bertz CT molecular complexity index is 121. The van der Waals surface area contributed by atoms with E-state index in [1.165, 1.54) is 7.11 Å². The molecule has 0 aromatic heterocycles. The molecule has 0 aliphatic heterocycles. The van der Waals surface area contributed by atoms with E-state index in [4.69, 9.17) is 5.11 Å². The third-order valence-corrected chi connectivity index (χ3v) is 1.81. The number of rotatable bonds is 3. The largest absolute Gasteiger partial charge is 0.469 e. The highest BCUT2D eigenvalue weighted by Gasteiger charge is 2.08. The summed E-state index contributed by atoms with van der Waals surface area (Å²) >= 11 is 0. The maximum atomic E-state index is 10.5. The Morgan fingerprint density at radius 2 is 1.69 bits per heavy atom. The molecule has 0 spiro atoms. The highest BCUT2D eigenvalue weighted by Crippen LogP contribution is 2.00. The van der Waals surface area contributed by atoms with Gasteiger partial charge in [-0.1, -0.05) is 20.8 Å². The normalized spacial score (nSPS) is 13.7. The van der Waals surface area contributed by atoms with Crippen LogP contribution in [-0.4, -0.2) is 24.3 Å². The molecule has 0 aromatic carbocycles. The molecule has 3 heteroatoms. The lowest BCUT2D eigenvalue weighted by molar-refractivity contribution is -0.144. The number of methoxy groups -OCH3 is 1. The SMILES string of the molecule is CCC(C)C(=O)OC.CCC(C)O. The van der Waals surface area contributed by atoms with Crippen molar-refractivity contribution < 1.29 is 14.6 Å². The average Bonchev–Trinajstić information content (AvgIpc) is 2.16. The van der Waals surface area contributed by atoms with Crippen molar-refractivity contribution in [1.29, 1.82) is 0 Å².